The first kappa shape index (κ1) is 18.5. The fourth-order valence-corrected chi connectivity index (χ4v) is 2.56. The van der Waals surface area contributed by atoms with Crippen molar-refractivity contribution >= 4 is 5.97 Å². The van der Waals surface area contributed by atoms with Gasteiger partial charge in [0.05, 0.1) is 31.2 Å². The van der Waals surface area contributed by atoms with Crippen LogP contribution < -0.4 is 4.74 Å². The number of hydrogen-bond donors (Lipinski definition) is 0. The van der Waals surface area contributed by atoms with Gasteiger partial charge in [0.15, 0.2) is 5.69 Å². The molecular weight excluding hydrogens is 361 g/mol. The molecule has 0 amide bonds. The molecule has 5 nitrogen and oxygen atoms in total. The van der Waals surface area contributed by atoms with E-state index in [1.54, 1.807) is 24.3 Å². The van der Waals surface area contributed by atoms with Crippen LogP contribution in [-0.2, 0) is 10.9 Å². The van der Waals surface area contributed by atoms with Gasteiger partial charge in [0, 0.05) is 5.56 Å². The van der Waals surface area contributed by atoms with E-state index in [0.29, 0.717) is 17.0 Å². The molecule has 0 unspecified atom stereocenters. The lowest BCUT2D eigenvalue weighted by molar-refractivity contribution is -0.141. The third-order valence-electron chi connectivity index (χ3n) is 3.90. The molecule has 140 valence electrons. The van der Waals surface area contributed by atoms with Crippen molar-refractivity contribution < 1.29 is 27.4 Å². The number of halogens is 3. The number of ether oxygens (including phenoxy) is 2. The molecule has 0 spiro atoms. The van der Waals surface area contributed by atoms with E-state index in [4.69, 9.17) is 4.74 Å². The Kier molecular flexibility index (Phi) is 4.89. The number of methoxy groups -OCH3 is 2. The smallest absolute Gasteiger partial charge is 0.435 e. The quantitative estimate of drug-likeness (QED) is 0.635. The van der Waals surface area contributed by atoms with Crippen LogP contribution in [0, 0.1) is 0 Å². The van der Waals surface area contributed by atoms with Crippen LogP contribution in [0.4, 0.5) is 13.2 Å². The lowest BCUT2D eigenvalue weighted by atomic mass is 10.1. The van der Waals surface area contributed by atoms with Crippen LogP contribution in [0.15, 0.2) is 54.6 Å². The number of carbonyl (C=O) groups excluding carboxylic acids is 1. The minimum absolute atomic E-state index is 0.243. The van der Waals surface area contributed by atoms with E-state index >= 15 is 0 Å². The maximum absolute atomic E-state index is 13.2. The highest BCUT2D eigenvalue weighted by atomic mass is 19.4. The molecule has 0 N–H and O–H groups in total. The number of rotatable bonds is 4. The van der Waals surface area contributed by atoms with E-state index in [-0.39, 0.29) is 11.3 Å². The molecule has 3 rings (SSSR count). The lowest BCUT2D eigenvalue weighted by Gasteiger charge is -2.09. The molecule has 0 saturated carbocycles. The SMILES string of the molecule is COC(=O)c1ccc(-n2nc(C(F)(F)F)cc2-c2cccc(OC)c2)cc1. The highest BCUT2D eigenvalue weighted by Crippen LogP contribution is 2.34. The number of aromatic nitrogens is 2. The summed E-state index contributed by atoms with van der Waals surface area (Å²) in [6.07, 6.45) is -4.59. The Morgan fingerprint density at radius 1 is 1.04 bits per heavy atom. The Morgan fingerprint density at radius 2 is 1.74 bits per heavy atom. The molecule has 0 aliphatic carbocycles. The number of alkyl halides is 3. The van der Waals surface area contributed by atoms with Crippen molar-refractivity contribution in [1.82, 2.24) is 9.78 Å². The fraction of sp³-hybridized carbons (Fsp3) is 0.158. The molecule has 1 heterocycles. The van der Waals surface area contributed by atoms with Gasteiger partial charge in [-0.25, -0.2) is 9.48 Å². The second kappa shape index (κ2) is 7.14. The van der Waals surface area contributed by atoms with Gasteiger partial charge >= 0.3 is 12.1 Å². The minimum atomic E-state index is -4.59. The molecule has 27 heavy (non-hydrogen) atoms. The third kappa shape index (κ3) is 3.79. The van der Waals surface area contributed by atoms with Gasteiger partial charge in [-0.15, -0.1) is 0 Å². The number of esters is 1. The van der Waals surface area contributed by atoms with Crippen molar-refractivity contribution in [2.45, 2.75) is 6.18 Å². The van der Waals surface area contributed by atoms with E-state index in [0.717, 1.165) is 6.07 Å². The van der Waals surface area contributed by atoms with Crippen LogP contribution in [0.25, 0.3) is 16.9 Å². The van der Waals surface area contributed by atoms with Gasteiger partial charge in [-0.3, -0.25) is 0 Å². The van der Waals surface area contributed by atoms with E-state index in [1.165, 1.54) is 43.2 Å². The molecule has 8 heteroatoms. The average molecular weight is 376 g/mol. The summed E-state index contributed by atoms with van der Waals surface area (Å²) >= 11 is 0. The predicted molar refractivity (Wildman–Crippen MR) is 91.9 cm³/mol. The van der Waals surface area contributed by atoms with Crippen LogP contribution in [0.1, 0.15) is 16.1 Å². The molecule has 0 aliphatic rings. The van der Waals surface area contributed by atoms with Crippen molar-refractivity contribution in [3.8, 4) is 22.7 Å². The Hall–Kier alpha value is -3.29. The summed E-state index contributed by atoms with van der Waals surface area (Å²) in [6.45, 7) is 0. The first-order valence-corrected chi connectivity index (χ1v) is 7.84. The Balaban J connectivity index is 2.13. The van der Waals surface area contributed by atoms with Gasteiger partial charge in [-0.05, 0) is 42.5 Å². The van der Waals surface area contributed by atoms with Gasteiger partial charge in [0.1, 0.15) is 5.75 Å². The maximum Gasteiger partial charge on any atom is 0.435 e. The zero-order valence-electron chi connectivity index (χ0n) is 14.4. The monoisotopic (exact) mass is 376 g/mol. The molecule has 0 aliphatic heterocycles. The van der Waals surface area contributed by atoms with Crippen molar-refractivity contribution in [2.24, 2.45) is 0 Å². The molecule has 0 fully saturated rings. The molecule has 0 bridgehead atoms. The molecule has 0 saturated heterocycles. The van der Waals surface area contributed by atoms with Crippen molar-refractivity contribution in [3.05, 3.63) is 65.9 Å². The summed E-state index contributed by atoms with van der Waals surface area (Å²) in [5.74, 6) is -0.0270. The highest BCUT2D eigenvalue weighted by Gasteiger charge is 2.35. The Morgan fingerprint density at radius 3 is 2.33 bits per heavy atom. The van der Waals surface area contributed by atoms with E-state index in [1.807, 2.05) is 0 Å². The zero-order chi connectivity index (χ0) is 19.6. The topological polar surface area (TPSA) is 53.4 Å². The second-order valence-electron chi connectivity index (χ2n) is 5.59. The summed E-state index contributed by atoms with van der Waals surface area (Å²) in [6, 6.07) is 13.6. The van der Waals surface area contributed by atoms with E-state index in [9.17, 15) is 18.0 Å². The maximum atomic E-state index is 13.2. The summed E-state index contributed by atoms with van der Waals surface area (Å²) in [5, 5.41) is 3.71. The summed E-state index contributed by atoms with van der Waals surface area (Å²) in [5.41, 5.74) is 0.391. The molecule has 0 radical (unpaired) electrons. The lowest BCUT2D eigenvalue weighted by Crippen LogP contribution is -2.07. The Bertz CT molecular complexity index is 963. The molecule has 1 aromatic heterocycles. The predicted octanol–water partition coefficient (Wildman–Crippen LogP) is 4.35. The van der Waals surface area contributed by atoms with Gasteiger partial charge in [-0.1, -0.05) is 12.1 Å². The van der Waals surface area contributed by atoms with Crippen LogP contribution in [0.2, 0.25) is 0 Å². The minimum Gasteiger partial charge on any atom is -0.497 e. The number of carbonyl (C=O) groups is 1. The van der Waals surface area contributed by atoms with Crippen LogP contribution in [-0.4, -0.2) is 30.0 Å². The molecule has 0 atom stereocenters. The highest BCUT2D eigenvalue weighted by molar-refractivity contribution is 5.89. The zero-order valence-corrected chi connectivity index (χ0v) is 14.4. The molecule has 3 aromatic rings. The van der Waals surface area contributed by atoms with E-state index < -0.39 is 17.8 Å². The van der Waals surface area contributed by atoms with Crippen molar-refractivity contribution in [1.29, 1.82) is 0 Å². The summed E-state index contributed by atoms with van der Waals surface area (Å²) in [4.78, 5) is 11.5. The normalized spacial score (nSPS) is 11.3. The molecular formula is C19H15F3N2O3. The van der Waals surface area contributed by atoms with Crippen LogP contribution in [0.5, 0.6) is 5.75 Å². The largest absolute Gasteiger partial charge is 0.497 e. The number of nitrogens with zero attached hydrogens (tertiary/aromatic N) is 2. The van der Waals surface area contributed by atoms with Crippen molar-refractivity contribution in [3.63, 3.8) is 0 Å². The third-order valence-corrected chi connectivity index (χ3v) is 3.90. The second-order valence-corrected chi connectivity index (χ2v) is 5.59. The summed E-state index contributed by atoms with van der Waals surface area (Å²) < 4.78 is 50.6. The first-order valence-electron chi connectivity index (χ1n) is 7.84. The summed E-state index contributed by atoms with van der Waals surface area (Å²) in [7, 11) is 2.73. The Labute approximate surface area is 152 Å². The van der Waals surface area contributed by atoms with Crippen molar-refractivity contribution in [2.75, 3.05) is 14.2 Å². The number of benzene rings is 2. The van der Waals surface area contributed by atoms with Gasteiger partial charge < -0.3 is 9.47 Å². The first-order chi connectivity index (χ1) is 12.8. The average Bonchev–Trinajstić information content (AvgIpc) is 3.13. The standard InChI is InChI=1S/C19H15F3N2O3/c1-26-15-5-3-4-13(10-15)16-11-17(19(20,21)22)23-24(16)14-8-6-12(7-9-14)18(25)27-2/h3-11H,1-2H3. The molecule has 2 aromatic carbocycles. The van der Waals surface area contributed by atoms with Gasteiger partial charge in [-0.2, -0.15) is 18.3 Å². The number of hydrogen-bond acceptors (Lipinski definition) is 4. The van der Waals surface area contributed by atoms with Gasteiger partial charge in [0.2, 0.25) is 0 Å². The van der Waals surface area contributed by atoms with E-state index in [2.05, 4.69) is 9.84 Å². The fourth-order valence-electron chi connectivity index (χ4n) is 2.56. The van der Waals surface area contributed by atoms with Crippen LogP contribution >= 0.6 is 0 Å². The van der Waals surface area contributed by atoms with Crippen LogP contribution in [0.3, 0.4) is 0 Å². The van der Waals surface area contributed by atoms with Gasteiger partial charge in [0.25, 0.3) is 0 Å².